The van der Waals surface area contributed by atoms with Crippen LogP contribution in [0.5, 0.6) is 0 Å². The van der Waals surface area contributed by atoms with Crippen LogP contribution >= 0.6 is 22.9 Å². The maximum Gasteiger partial charge on any atom is 0.416 e. The number of alkyl halides is 3. The van der Waals surface area contributed by atoms with E-state index in [2.05, 4.69) is 5.32 Å². The quantitative estimate of drug-likeness (QED) is 0.742. The molecule has 1 unspecified atom stereocenters. The van der Waals surface area contributed by atoms with Crippen LogP contribution in [0.25, 0.3) is 0 Å². The molecule has 6 heteroatoms. The van der Waals surface area contributed by atoms with Crippen LogP contribution in [-0.2, 0) is 6.18 Å². The van der Waals surface area contributed by atoms with Crippen LogP contribution in [0, 0.1) is 6.92 Å². The van der Waals surface area contributed by atoms with Gasteiger partial charge in [0.15, 0.2) is 0 Å². The summed E-state index contributed by atoms with van der Waals surface area (Å²) in [6, 6.07) is 5.96. The van der Waals surface area contributed by atoms with Gasteiger partial charge in [-0.3, -0.25) is 0 Å². The van der Waals surface area contributed by atoms with Gasteiger partial charge in [-0.2, -0.15) is 13.2 Å². The maximum absolute atomic E-state index is 12.8. The Morgan fingerprint density at radius 1 is 1.25 bits per heavy atom. The lowest BCUT2D eigenvalue weighted by molar-refractivity contribution is -0.138. The Bertz CT molecular complexity index is 607. The van der Waals surface area contributed by atoms with Gasteiger partial charge in [0.25, 0.3) is 0 Å². The largest absolute Gasteiger partial charge is 0.416 e. The van der Waals surface area contributed by atoms with Crippen LogP contribution in [-0.4, -0.2) is 0 Å². The van der Waals surface area contributed by atoms with Crippen molar-refractivity contribution in [2.24, 2.45) is 0 Å². The highest BCUT2D eigenvalue weighted by Crippen LogP contribution is 2.34. The van der Waals surface area contributed by atoms with E-state index in [-0.39, 0.29) is 11.6 Å². The van der Waals surface area contributed by atoms with Crippen LogP contribution in [0.3, 0.4) is 0 Å². The van der Waals surface area contributed by atoms with Gasteiger partial charge in [-0.25, -0.2) is 0 Å². The van der Waals surface area contributed by atoms with E-state index in [0.29, 0.717) is 10.0 Å². The first-order valence-electron chi connectivity index (χ1n) is 5.95. The molecule has 0 spiro atoms. The molecule has 0 saturated carbocycles. The van der Waals surface area contributed by atoms with Crippen molar-refractivity contribution < 1.29 is 13.2 Å². The average molecular weight is 320 g/mol. The van der Waals surface area contributed by atoms with Gasteiger partial charge in [0.05, 0.1) is 9.90 Å². The van der Waals surface area contributed by atoms with Gasteiger partial charge in [-0.15, -0.1) is 11.3 Å². The van der Waals surface area contributed by atoms with E-state index in [1.54, 1.807) is 6.07 Å². The zero-order valence-corrected chi connectivity index (χ0v) is 12.5. The van der Waals surface area contributed by atoms with Crippen LogP contribution in [0.4, 0.5) is 18.9 Å². The van der Waals surface area contributed by atoms with Crippen molar-refractivity contribution in [2.75, 3.05) is 5.32 Å². The first-order chi connectivity index (χ1) is 9.27. The van der Waals surface area contributed by atoms with E-state index in [0.717, 1.165) is 11.6 Å². The van der Waals surface area contributed by atoms with Crippen molar-refractivity contribution in [3.63, 3.8) is 0 Å². The second-order valence-corrected chi connectivity index (χ2v) is 6.12. The number of benzene rings is 1. The molecule has 2 aromatic rings. The van der Waals surface area contributed by atoms with Crippen LogP contribution < -0.4 is 5.32 Å². The van der Waals surface area contributed by atoms with Crippen molar-refractivity contribution in [3.05, 3.63) is 50.7 Å². The Kier molecular flexibility index (Phi) is 4.30. The molecule has 0 saturated heterocycles. The minimum atomic E-state index is -4.34. The number of thiophene rings is 1. The predicted octanol–water partition coefficient (Wildman–Crippen LogP) is 5.90. The number of rotatable bonds is 3. The second kappa shape index (κ2) is 5.66. The third-order valence-electron chi connectivity index (χ3n) is 3.01. The molecule has 1 aromatic heterocycles. The van der Waals surface area contributed by atoms with Gasteiger partial charge in [0, 0.05) is 11.7 Å². The number of halogens is 4. The fourth-order valence-corrected chi connectivity index (χ4v) is 2.89. The van der Waals surface area contributed by atoms with Crippen molar-refractivity contribution in [2.45, 2.75) is 26.1 Å². The highest BCUT2D eigenvalue weighted by molar-refractivity contribution is 7.14. The Labute approximate surface area is 124 Å². The van der Waals surface area contributed by atoms with Gasteiger partial charge in [0.1, 0.15) is 0 Å². The molecule has 1 heterocycles. The van der Waals surface area contributed by atoms with E-state index in [9.17, 15) is 13.2 Å². The van der Waals surface area contributed by atoms with E-state index in [4.69, 9.17) is 11.6 Å². The van der Waals surface area contributed by atoms with Gasteiger partial charge in [-0.1, -0.05) is 17.7 Å². The molecular weight excluding hydrogens is 307 g/mol. The zero-order valence-electron chi connectivity index (χ0n) is 10.9. The van der Waals surface area contributed by atoms with Gasteiger partial charge >= 0.3 is 6.18 Å². The maximum atomic E-state index is 12.8. The molecule has 0 aliphatic carbocycles. The van der Waals surface area contributed by atoms with E-state index >= 15 is 0 Å². The van der Waals surface area contributed by atoms with Crippen molar-refractivity contribution in [3.8, 4) is 0 Å². The Morgan fingerprint density at radius 3 is 2.50 bits per heavy atom. The highest BCUT2D eigenvalue weighted by Gasteiger charge is 2.32. The summed E-state index contributed by atoms with van der Waals surface area (Å²) in [4.78, 5) is 0. The fourth-order valence-electron chi connectivity index (χ4n) is 1.90. The molecule has 2 rings (SSSR count). The lowest BCUT2D eigenvalue weighted by Gasteiger charge is -2.17. The summed E-state index contributed by atoms with van der Waals surface area (Å²) in [7, 11) is 0. The molecule has 0 amide bonds. The van der Waals surface area contributed by atoms with Crippen molar-refractivity contribution in [1.29, 1.82) is 0 Å². The lowest BCUT2D eigenvalue weighted by Crippen LogP contribution is -2.10. The minimum Gasteiger partial charge on any atom is -0.378 e. The number of aryl methyl sites for hydroxylation is 1. The second-order valence-electron chi connectivity index (χ2n) is 4.58. The Hall–Kier alpha value is -1.20. The predicted molar refractivity (Wildman–Crippen MR) is 77.5 cm³/mol. The standard InChI is InChI=1S/C14H13ClF3NS/c1-8-3-4-11(6-12(8)14(16,17)18)19-9(2)10-5-13(15)20-7-10/h3-7,9,19H,1-2H3. The highest BCUT2D eigenvalue weighted by atomic mass is 35.5. The summed E-state index contributed by atoms with van der Waals surface area (Å²) in [5, 5.41) is 4.95. The molecule has 1 aromatic carbocycles. The molecular formula is C14H13ClF3NS. The first kappa shape index (κ1) is 15.2. The molecule has 108 valence electrons. The summed E-state index contributed by atoms with van der Waals surface area (Å²) in [6.45, 7) is 3.33. The molecule has 1 N–H and O–H groups in total. The van der Waals surface area contributed by atoms with Crippen LogP contribution in [0.2, 0.25) is 4.34 Å². The first-order valence-corrected chi connectivity index (χ1v) is 7.21. The van der Waals surface area contributed by atoms with Gasteiger partial charge in [0.2, 0.25) is 0 Å². The Balaban J connectivity index is 2.22. The normalized spacial score (nSPS) is 13.3. The van der Waals surface area contributed by atoms with E-state index in [1.807, 2.05) is 18.4 Å². The van der Waals surface area contributed by atoms with Crippen molar-refractivity contribution in [1.82, 2.24) is 0 Å². The third kappa shape index (κ3) is 3.46. The number of hydrogen-bond donors (Lipinski definition) is 1. The monoisotopic (exact) mass is 319 g/mol. The number of hydrogen-bond acceptors (Lipinski definition) is 2. The molecule has 0 aliphatic rings. The molecule has 0 aliphatic heterocycles. The number of anilines is 1. The average Bonchev–Trinajstić information content (AvgIpc) is 2.77. The summed E-state index contributed by atoms with van der Waals surface area (Å²) in [5.74, 6) is 0. The van der Waals surface area contributed by atoms with Crippen molar-refractivity contribution >= 4 is 28.6 Å². The summed E-state index contributed by atoms with van der Waals surface area (Å²) >= 11 is 7.25. The van der Waals surface area contributed by atoms with Gasteiger partial charge in [-0.05, 0) is 48.6 Å². The fraction of sp³-hybridized carbons (Fsp3) is 0.286. The van der Waals surface area contributed by atoms with E-state index < -0.39 is 11.7 Å². The molecule has 1 nitrogen and oxygen atoms in total. The van der Waals surface area contributed by atoms with Crippen LogP contribution in [0.15, 0.2) is 29.6 Å². The molecule has 0 radical (unpaired) electrons. The summed E-state index contributed by atoms with van der Waals surface area (Å²) in [6.07, 6.45) is -4.34. The molecule has 0 bridgehead atoms. The molecule has 20 heavy (non-hydrogen) atoms. The third-order valence-corrected chi connectivity index (χ3v) is 4.12. The number of nitrogens with one attached hydrogen (secondary N) is 1. The van der Waals surface area contributed by atoms with Gasteiger partial charge < -0.3 is 5.32 Å². The smallest absolute Gasteiger partial charge is 0.378 e. The lowest BCUT2D eigenvalue weighted by atomic mass is 10.1. The van der Waals surface area contributed by atoms with E-state index in [1.165, 1.54) is 24.3 Å². The summed E-state index contributed by atoms with van der Waals surface area (Å²) < 4.78 is 39.2. The molecule has 1 atom stereocenters. The topological polar surface area (TPSA) is 12.0 Å². The summed E-state index contributed by atoms with van der Waals surface area (Å²) in [5.41, 5.74) is 0.999. The molecule has 0 fully saturated rings. The minimum absolute atomic E-state index is 0.109. The van der Waals surface area contributed by atoms with Crippen LogP contribution in [0.1, 0.15) is 29.7 Å². The Morgan fingerprint density at radius 2 is 1.95 bits per heavy atom. The SMILES string of the molecule is Cc1ccc(NC(C)c2csc(Cl)c2)cc1C(F)(F)F. The zero-order chi connectivity index (χ0) is 14.9.